The molecule has 6 nitrogen and oxygen atoms in total. The van der Waals surface area contributed by atoms with Crippen LogP contribution in [0.3, 0.4) is 0 Å². The number of benzene rings is 1. The third kappa shape index (κ3) is 3.48. The van der Waals surface area contributed by atoms with Crippen LogP contribution >= 0.6 is 11.6 Å². The lowest BCUT2D eigenvalue weighted by Crippen LogP contribution is -2.40. The number of para-hydroxylation sites is 1. The molecule has 2 amide bonds. The summed E-state index contributed by atoms with van der Waals surface area (Å²) in [4.78, 5) is 23.6. The molecule has 0 spiro atoms. The van der Waals surface area contributed by atoms with Gasteiger partial charge in [0, 0.05) is 45.0 Å². The van der Waals surface area contributed by atoms with Gasteiger partial charge in [-0.15, -0.1) is 0 Å². The van der Waals surface area contributed by atoms with E-state index in [9.17, 15) is 4.79 Å². The lowest BCUT2D eigenvalue weighted by atomic mass is 9.94. The maximum atomic E-state index is 12.6. The highest BCUT2D eigenvalue weighted by Crippen LogP contribution is 2.33. The second-order valence-electron chi connectivity index (χ2n) is 6.23. The smallest absolute Gasteiger partial charge is 0.321 e. The number of nitrogens with one attached hydrogen (secondary N) is 2. The van der Waals surface area contributed by atoms with Gasteiger partial charge in [0.05, 0.1) is 22.7 Å². The van der Waals surface area contributed by atoms with Crippen LogP contribution in [0.5, 0.6) is 0 Å². The van der Waals surface area contributed by atoms with Crippen LogP contribution in [0, 0.1) is 0 Å². The third-order valence-electron chi connectivity index (χ3n) is 4.42. The molecule has 3 rings (SSSR count). The van der Waals surface area contributed by atoms with Crippen molar-refractivity contribution >= 4 is 29.0 Å². The van der Waals surface area contributed by atoms with Crippen LogP contribution in [-0.2, 0) is 0 Å². The minimum atomic E-state index is -0.0802. The van der Waals surface area contributed by atoms with Gasteiger partial charge in [-0.3, -0.25) is 0 Å². The number of hydrogen-bond donors (Lipinski definition) is 2. The van der Waals surface area contributed by atoms with E-state index in [1.54, 1.807) is 6.33 Å². The van der Waals surface area contributed by atoms with Crippen LogP contribution in [0.1, 0.15) is 24.5 Å². The predicted octanol–water partition coefficient (Wildman–Crippen LogP) is 3.54. The molecule has 1 saturated heterocycles. The molecule has 24 heavy (non-hydrogen) atoms. The Morgan fingerprint density at radius 1 is 1.38 bits per heavy atom. The van der Waals surface area contributed by atoms with Gasteiger partial charge < -0.3 is 20.1 Å². The zero-order valence-electron chi connectivity index (χ0n) is 13.9. The highest BCUT2D eigenvalue weighted by atomic mass is 35.5. The molecular formula is C17H22ClN5O. The van der Waals surface area contributed by atoms with Gasteiger partial charge in [0.1, 0.15) is 0 Å². The second kappa shape index (κ2) is 7.13. The van der Waals surface area contributed by atoms with Crippen molar-refractivity contribution in [2.45, 2.75) is 18.8 Å². The van der Waals surface area contributed by atoms with Gasteiger partial charge >= 0.3 is 6.03 Å². The number of urea groups is 1. The fourth-order valence-corrected chi connectivity index (χ4v) is 3.49. The normalized spacial score (nSPS) is 15.4. The van der Waals surface area contributed by atoms with Crippen LogP contribution in [0.4, 0.5) is 16.2 Å². The Morgan fingerprint density at radius 3 is 2.75 bits per heavy atom. The van der Waals surface area contributed by atoms with Crippen LogP contribution < -0.4 is 10.2 Å². The summed E-state index contributed by atoms with van der Waals surface area (Å²) in [5.74, 6) is 0.444. The number of carbonyl (C=O) groups is 1. The monoisotopic (exact) mass is 347 g/mol. The van der Waals surface area contributed by atoms with E-state index in [-0.39, 0.29) is 6.03 Å². The minimum absolute atomic E-state index is 0.0802. The van der Waals surface area contributed by atoms with Crippen molar-refractivity contribution in [2.24, 2.45) is 0 Å². The summed E-state index contributed by atoms with van der Waals surface area (Å²) >= 11 is 6.25. The Kier molecular flexibility index (Phi) is 4.94. The van der Waals surface area contributed by atoms with Crippen molar-refractivity contribution in [1.29, 1.82) is 0 Å². The maximum Gasteiger partial charge on any atom is 0.321 e. The second-order valence-corrected chi connectivity index (χ2v) is 6.64. The molecular weight excluding hydrogens is 326 g/mol. The van der Waals surface area contributed by atoms with Gasteiger partial charge in [0.15, 0.2) is 0 Å². The number of H-pyrrole nitrogens is 1. The minimum Gasteiger partial charge on any atom is -0.375 e. The number of rotatable bonds is 3. The molecule has 1 aromatic carbocycles. The molecule has 2 N–H and O–H groups in total. The average molecular weight is 348 g/mol. The zero-order chi connectivity index (χ0) is 17.1. The maximum absolute atomic E-state index is 12.6. The third-order valence-corrected chi connectivity index (χ3v) is 4.72. The number of anilines is 2. The van der Waals surface area contributed by atoms with Crippen molar-refractivity contribution in [3.05, 3.63) is 41.4 Å². The van der Waals surface area contributed by atoms with E-state index in [1.165, 1.54) is 0 Å². The van der Waals surface area contributed by atoms with Crippen molar-refractivity contribution in [3.63, 3.8) is 0 Å². The van der Waals surface area contributed by atoms with E-state index >= 15 is 0 Å². The molecule has 0 saturated carbocycles. The summed E-state index contributed by atoms with van der Waals surface area (Å²) in [5.41, 5.74) is 2.70. The summed E-state index contributed by atoms with van der Waals surface area (Å²) in [7, 11) is 3.82. The Hall–Kier alpha value is -2.21. The van der Waals surface area contributed by atoms with E-state index in [0.717, 1.165) is 43.0 Å². The molecule has 0 aliphatic carbocycles. The molecule has 0 atom stereocenters. The molecule has 0 unspecified atom stereocenters. The van der Waals surface area contributed by atoms with E-state index in [0.29, 0.717) is 10.9 Å². The number of carbonyl (C=O) groups excluding carboxylic acids is 1. The number of likely N-dealkylation sites (tertiary alicyclic amines) is 1. The van der Waals surface area contributed by atoms with E-state index in [4.69, 9.17) is 11.6 Å². The quantitative estimate of drug-likeness (QED) is 0.892. The molecule has 128 valence electrons. The summed E-state index contributed by atoms with van der Waals surface area (Å²) in [6.07, 6.45) is 5.45. The molecule has 1 aliphatic rings. The fourth-order valence-electron chi connectivity index (χ4n) is 3.15. The Balaban J connectivity index is 1.64. The van der Waals surface area contributed by atoms with Crippen molar-refractivity contribution in [3.8, 4) is 0 Å². The first-order valence-electron chi connectivity index (χ1n) is 8.06. The largest absolute Gasteiger partial charge is 0.375 e. The number of imidazole rings is 1. The van der Waals surface area contributed by atoms with Crippen LogP contribution in [-0.4, -0.2) is 48.1 Å². The van der Waals surface area contributed by atoms with Gasteiger partial charge in [0.2, 0.25) is 0 Å². The molecule has 0 bridgehead atoms. The van der Waals surface area contributed by atoms with Gasteiger partial charge in [0.25, 0.3) is 0 Å². The SMILES string of the molecule is CN(C)c1c(Cl)cccc1NC(=O)N1CCC(c2cnc[nH]2)CC1. The average Bonchev–Trinajstić information content (AvgIpc) is 3.09. The predicted molar refractivity (Wildman–Crippen MR) is 96.9 cm³/mol. The van der Waals surface area contributed by atoms with Gasteiger partial charge in [-0.2, -0.15) is 0 Å². The summed E-state index contributed by atoms with van der Waals surface area (Å²) in [6.45, 7) is 1.46. The van der Waals surface area contributed by atoms with Gasteiger partial charge in [-0.05, 0) is 25.0 Å². The van der Waals surface area contributed by atoms with Crippen molar-refractivity contribution < 1.29 is 4.79 Å². The fraction of sp³-hybridized carbons (Fsp3) is 0.412. The summed E-state index contributed by atoms with van der Waals surface area (Å²) < 4.78 is 0. The lowest BCUT2D eigenvalue weighted by molar-refractivity contribution is 0.194. The number of piperidine rings is 1. The first-order valence-corrected chi connectivity index (χ1v) is 8.44. The first-order chi connectivity index (χ1) is 11.6. The first kappa shape index (κ1) is 16.6. The van der Waals surface area contributed by atoms with Crippen molar-refractivity contribution in [1.82, 2.24) is 14.9 Å². The molecule has 2 aromatic rings. The molecule has 1 aliphatic heterocycles. The van der Waals surface area contributed by atoms with E-state index in [2.05, 4.69) is 15.3 Å². The molecule has 1 aromatic heterocycles. The zero-order valence-corrected chi connectivity index (χ0v) is 14.7. The summed E-state index contributed by atoms with van der Waals surface area (Å²) in [6, 6.07) is 5.46. The Morgan fingerprint density at radius 2 is 2.12 bits per heavy atom. The number of amides is 2. The van der Waals surface area contributed by atoms with Crippen LogP contribution in [0.25, 0.3) is 0 Å². The van der Waals surface area contributed by atoms with E-state index in [1.807, 2.05) is 48.3 Å². The molecule has 1 fully saturated rings. The number of hydrogen-bond acceptors (Lipinski definition) is 3. The Bertz CT molecular complexity index is 693. The van der Waals surface area contributed by atoms with Gasteiger partial charge in [-0.1, -0.05) is 17.7 Å². The topological polar surface area (TPSA) is 64.3 Å². The molecule has 7 heteroatoms. The van der Waals surface area contributed by atoms with Crippen LogP contribution in [0.2, 0.25) is 5.02 Å². The number of aromatic nitrogens is 2. The summed E-state index contributed by atoms with van der Waals surface area (Å²) in [5, 5.41) is 3.61. The highest BCUT2D eigenvalue weighted by Gasteiger charge is 2.25. The Labute approximate surface area is 146 Å². The van der Waals surface area contributed by atoms with Gasteiger partial charge in [-0.25, -0.2) is 9.78 Å². The van der Waals surface area contributed by atoms with Crippen molar-refractivity contribution in [2.75, 3.05) is 37.4 Å². The lowest BCUT2D eigenvalue weighted by Gasteiger charge is -2.32. The van der Waals surface area contributed by atoms with Crippen LogP contribution in [0.15, 0.2) is 30.7 Å². The number of nitrogens with zero attached hydrogens (tertiary/aromatic N) is 3. The highest BCUT2D eigenvalue weighted by molar-refractivity contribution is 6.34. The number of aromatic amines is 1. The number of halogens is 1. The molecule has 0 radical (unpaired) electrons. The van der Waals surface area contributed by atoms with E-state index < -0.39 is 0 Å². The molecule has 2 heterocycles. The standard InChI is InChI=1S/C17H22ClN5O/c1-22(2)16-13(18)4-3-5-14(16)21-17(24)23-8-6-12(7-9-23)15-10-19-11-20-15/h3-5,10-12H,6-9H2,1-2H3,(H,19,20)(H,21,24).